The smallest absolute Gasteiger partial charge is 0.246 e. The summed E-state index contributed by atoms with van der Waals surface area (Å²) in [5.74, 6) is 0.243. The van der Waals surface area contributed by atoms with Crippen LogP contribution >= 0.6 is 0 Å². The van der Waals surface area contributed by atoms with Crippen molar-refractivity contribution in [2.24, 2.45) is 0 Å². The predicted octanol–water partition coefficient (Wildman–Crippen LogP) is 1.72. The van der Waals surface area contributed by atoms with Crippen molar-refractivity contribution in [3.05, 3.63) is 11.6 Å². The lowest BCUT2D eigenvalue weighted by atomic mass is 9.95. The molecule has 2 fully saturated rings. The molecule has 0 aromatic rings. The maximum Gasteiger partial charge on any atom is 0.246 e. The molecule has 0 unspecified atom stereocenters. The number of amides is 1. The quantitative estimate of drug-likeness (QED) is 0.428. The van der Waals surface area contributed by atoms with Gasteiger partial charge in [-0.05, 0) is 25.7 Å². The third-order valence-corrected chi connectivity index (χ3v) is 2.58. The molecule has 0 aromatic carbocycles. The van der Waals surface area contributed by atoms with Gasteiger partial charge in [-0.3, -0.25) is 4.79 Å². The van der Waals surface area contributed by atoms with E-state index in [1.807, 2.05) is 11.0 Å². The molecule has 1 saturated heterocycles. The second-order valence-electron chi connectivity index (χ2n) is 3.69. The Kier molecular flexibility index (Phi) is 2.15. The molecule has 0 atom stereocenters. The number of rotatable bonds is 1. The molecule has 2 heteroatoms. The fraction of sp³-hybridized carbons (Fsp3) is 0.700. The van der Waals surface area contributed by atoms with Crippen LogP contribution in [0.2, 0.25) is 0 Å². The molecule has 1 aliphatic heterocycles. The lowest BCUT2D eigenvalue weighted by Gasteiger charge is -2.12. The number of nitrogens with zero attached hydrogens (tertiary/aromatic N) is 1. The van der Waals surface area contributed by atoms with Crippen molar-refractivity contribution in [1.29, 1.82) is 0 Å². The summed E-state index contributed by atoms with van der Waals surface area (Å²) in [4.78, 5) is 13.2. The molecule has 1 heterocycles. The van der Waals surface area contributed by atoms with E-state index in [0.717, 1.165) is 25.9 Å². The fourth-order valence-corrected chi connectivity index (χ4v) is 1.69. The molecule has 0 radical (unpaired) electrons. The summed E-state index contributed by atoms with van der Waals surface area (Å²) in [5.41, 5.74) is 1.37. The van der Waals surface area contributed by atoms with Gasteiger partial charge < -0.3 is 4.90 Å². The first kappa shape index (κ1) is 7.84. The Bertz CT molecular complexity index is 208. The van der Waals surface area contributed by atoms with Crippen molar-refractivity contribution in [3.8, 4) is 0 Å². The van der Waals surface area contributed by atoms with Crippen LogP contribution in [0, 0.1) is 0 Å². The molecule has 2 aliphatic rings. The highest BCUT2D eigenvalue weighted by molar-refractivity contribution is 5.89. The highest BCUT2D eigenvalue weighted by Crippen LogP contribution is 2.23. The molecular formula is C10H15NO. The van der Waals surface area contributed by atoms with Crippen LogP contribution in [-0.2, 0) is 4.79 Å². The first-order chi connectivity index (χ1) is 5.86. The Labute approximate surface area is 73.2 Å². The van der Waals surface area contributed by atoms with Crippen LogP contribution < -0.4 is 0 Å². The first-order valence-corrected chi connectivity index (χ1v) is 4.84. The normalized spacial score (nSPS) is 22.3. The van der Waals surface area contributed by atoms with Crippen molar-refractivity contribution in [3.63, 3.8) is 0 Å². The van der Waals surface area contributed by atoms with Crippen LogP contribution in [0.15, 0.2) is 11.6 Å². The monoisotopic (exact) mass is 165 g/mol. The van der Waals surface area contributed by atoms with Crippen molar-refractivity contribution >= 4 is 5.91 Å². The number of carbonyl (C=O) groups excluding carboxylic acids is 1. The highest BCUT2D eigenvalue weighted by Gasteiger charge is 2.22. The van der Waals surface area contributed by atoms with Crippen molar-refractivity contribution in [2.45, 2.75) is 32.1 Å². The van der Waals surface area contributed by atoms with Gasteiger partial charge >= 0.3 is 0 Å². The van der Waals surface area contributed by atoms with E-state index in [4.69, 9.17) is 0 Å². The third-order valence-electron chi connectivity index (χ3n) is 2.58. The molecule has 0 spiro atoms. The Hall–Kier alpha value is -0.790. The summed E-state index contributed by atoms with van der Waals surface area (Å²) in [6.45, 7) is 1.95. The second-order valence-corrected chi connectivity index (χ2v) is 3.69. The van der Waals surface area contributed by atoms with Gasteiger partial charge in [-0.25, -0.2) is 0 Å². The zero-order valence-corrected chi connectivity index (χ0v) is 7.38. The van der Waals surface area contributed by atoms with E-state index < -0.39 is 0 Å². The SMILES string of the molecule is O=C(C=C1CCCCC1)N1CC1. The second kappa shape index (κ2) is 3.30. The van der Waals surface area contributed by atoms with Crippen LogP contribution in [0.1, 0.15) is 32.1 Å². The van der Waals surface area contributed by atoms with Crippen LogP contribution in [0.3, 0.4) is 0 Å². The fourth-order valence-electron chi connectivity index (χ4n) is 1.69. The van der Waals surface area contributed by atoms with Gasteiger partial charge in [0.15, 0.2) is 0 Å². The predicted molar refractivity (Wildman–Crippen MR) is 47.7 cm³/mol. The third kappa shape index (κ3) is 1.87. The van der Waals surface area contributed by atoms with Gasteiger partial charge in [0.05, 0.1) is 0 Å². The number of hydrogen-bond donors (Lipinski definition) is 0. The van der Waals surface area contributed by atoms with Gasteiger partial charge in [0.1, 0.15) is 0 Å². The van der Waals surface area contributed by atoms with Gasteiger partial charge in [0.25, 0.3) is 0 Å². The number of hydrogen-bond acceptors (Lipinski definition) is 1. The number of carbonyl (C=O) groups is 1. The summed E-state index contributed by atoms with van der Waals surface area (Å²) in [7, 11) is 0. The summed E-state index contributed by atoms with van der Waals surface area (Å²) < 4.78 is 0. The average Bonchev–Trinajstić information content (AvgIpc) is 2.88. The van der Waals surface area contributed by atoms with E-state index in [9.17, 15) is 4.79 Å². The van der Waals surface area contributed by atoms with Gasteiger partial charge in [-0.2, -0.15) is 0 Å². The Balaban J connectivity index is 1.91. The van der Waals surface area contributed by atoms with Crippen LogP contribution in [0.4, 0.5) is 0 Å². The molecule has 0 aromatic heterocycles. The van der Waals surface area contributed by atoms with E-state index in [1.165, 1.54) is 24.8 Å². The Morgan fingerprint density at radius 3 is 2.42 bits per heavy atom. The van der Waals surface area contributed by atoms with Crippen molar-refractivity contribution in [2.75, 3.05) is 13.1 Å². The maximum atomic E-state index is 11.3. The lowest BCUT2D eigenvalue weighted by Crippen LogP contribution is -2.08. The Morgan fingerprint density at radius 2 is 1.83 bits per heavy atom. The van der Waals surface area contributed by atoms with E-state index in [0.29, 0.717) is 0 Å². The molecule has 2 rings (SSSR count). The Morgan fingerprint density at radius 1 is 1.17 bits per heavy atom. The van der Waals surface area contributed by atoms with Crippen LogP contribution in [0.25, 0.3) is 0 Å². The molecular weight excluding hydrogens is 150 g/mol. The first-order valence-electron chi connectivity index (χ1n) is 4.84. The average molecular weight is 165 g/mol. The minimum Gasteiger partial charge on any atom is -0.336 e. The summed E-state index contributed by atoms with van der Waals surface area (Å²) in [5, 5.41) is 0. The summed E-state index contributed by atoms with van der Waals surface area (Å²) >= 11 is 0. The van der Waals surface area contributed by atoms with Gasteiger partial charge in [0.2, 0.25) is 5.91 Å². The topological polar surface area (TPSA) is 20.1 Å². The van der Waals surface area contributed by atoms with Crippen LogP contribution in [0.5, 0.6) is 0 Å². The molecule has 66 valence electrons. The van der Waals surface area contributed by atoms with E-state index in [1.54, 1.807) is 0 Å². The van der Waals surface area contributed by atoms with E-state index >= 15 is 0 Å². The zero-order chi connectivity index (χ0) is 8.39. The molecule has 2 nitrogen and oxygen atoms in total. The maximum absolute atomic E-state index is 11.3. The molecule has 12 heavy (non-hydrogen) atoms. The molecule has 1 saturated carbocycles. The zero-order valence-electron chi connectivity index (χ0n) is 7.38. The van der Waals surface area contributed by atoms with Crippen molar-refractivity contribution in [1.82, 2.24) is 4.90 Å². The molecule has 1 amide bonds. The minimum atomic E-state index is 0.243. The summed E-state index contributed by atoms with van der Waals surface area (Å²) in [6, 6.07) is 0. The lowest BCUT2D eigenvalue weighted by molar-refractivity contribution is -0.120. The molecule has 0 N–H and O–H groups in total. The van der Waals surface area contributed by atoms with Crippen molar-refractivity contribution < 1.29 is 4.79 Å². The van der Waals surface area contributed by atoms with Gasteiger partial charge in [-0.1, -0.05) is 12.0 Å². The van der Waals surface area contributed by atoms with Gasteiger partial charge in [0, 0.05) is 19.2 Å². The van der Waals surface area contributed by atoms with Gasteiger partial charge in [-0.15, -0.1) is 0 Å². The standard InChI is InChI=1S/C10H15NO/c12-10(11-6-7-11)8-9-4-2-1-3-5-9/h8H,1-7H2. The highest BCUT2D eigenvalue weighted by atomic mass is 16.2. The molecule has 0 bridgehead atoms. The van der Waals surface area contributed by atoms with E-state index in [-0.39, 0.29) is 5.91 Å². The minimum absolute atomic E-state index is 0.243. The summed E-state index contributed by atoms with van der Waals surface area (Å²) in [6.07, 6.45) is 8.07. The van der Waals surface area contributed by atoms with Crippen LogP contribution in [-0.4, -0.2) is 23.9 Å². The largest absolute Gasteiger partial charge is 0.336 e. The van der Waals surface area contributed by atoms with E-state index in [2.05, 4.69) is 0 Å². The molecule has 1 aliphatic carbocycles. The number of allylic oxidation sites excluding steroid dienone is 1.